The minimum Gasteiger partial charge on any atom is -0.497 e. The zero-order valence-corrected chi connectivity index (χ0v) is 20.6. The summed E-state index contributed by atoms with van der Waals surface area (Å²) in [5, 5.41) is 13.5. The number of hydrogen-bond acceptors (Lipinski definition) is 6. The standard InChI is InChI=1S/C26H32N6O4/c1-3-30-10-12-31(13-11-30)24(27)19-6-4-18(5-7-19)23(29-26(35)28-17-33)16-32-15-20-8-9-21(36-2)14-22(20)25(32)34/h4-9,14,17,23,27H,3,10-13,15-16H2,1-2H3,(H2,28,29,33,35)/t23-/m0/s1. The van der Waals surface area contributed by atoms with Crippen LogP contribution in [0, 0.1) is 5.41 Å². The van der Waals surface area contributed by atoms with Gasteiger partial charge in [-0.2, -0.15) is 0 Å². The highest BCUT2D eigenvalue weighted by atomic mass is 16.5. The minimum atomic E-state index is -0.647. The summed E-state index contributed by atoms with van der Waals surface area (Å²) in [6, 6.07) is 11.6. The van der Waals surface area contributed by atoms with Crippen LogP contribution in [0.1, 0.15) is 40.0 Å². The number of carbonyl (C=O) groups is 3. The summed E-state index contributed by atoms with van der Waals surface area (Å²) in [6.45, 7) is 7.29. The van der Waals surface area contributed by atoms with E-state index in [1.54, 1.807) is 18.1 Å². The molecule has 3 N–H and O–H groups in total. The van der Waals surface area contributed by atoms with Gasteiger partial charge in [0.05, 0.1) is 13.2 Å². The summed E-state index contributed by atoms with van der Waals surface area (Å²) in [6.07, 6.45) is 0.318. The highest BCUT2D eigenvalue weighted by Gasteiger charge is 2.31. The Morgan fingerprint density at radius 2 is 1.86 bits per heavy atom. The number of nitrogens with zero attached hydrogens (tertiary/aromatic N) is 3. The lowest BCUT2D eigenvalue weighted by molar-refractivity contribution is -0.108. The minimum absolute atomic E-state index is 0.142. The van der Waals surface area contributed by atoms with Crippen LogP contribution < -0.4 is 15.4 Å². The number of imide groups is 1. The number of likely N-dealkylation sites (N-methyl/N-ethyl adjacent to an activating group) is 1. The van der Waals surface area contributed by atoms with Gasteiger partial charge in [0.2, 0.25) is 6.41 Å². The molecule has 0 saturated carbocycles. The van der Waals surface area contributed by atoms with E-state index in [1.807, 2.05) is 36.4 Å². The number of ether oxygens (including phenoxy) is 1. The van der Waals surface area contributed by atoms with E-state index in [-0.39, 0.29) is 12.5 Å². The molecule has 2 aromatic rings. The van der Waals surface area contributed by atoms with Crippen LogP contribution in [0.2, 0.25) is 0 Å². The smallest absolute Gasteiger partial charge is 0.321 e. The monoisotopic (exact) mass is 492 g/mol. The third-order valence-corrected chi connectivity index (χ3v) is 6.82. The highest BCUT2D eigenvalue weighted by Crippen LogP contribution is 2.28. The van der Waals surface area contributed by atoms with Crippen molar-refractivity contribution in [3.05, 3.63) is 64.7 Å². The normalized spacial score (nSPS) is 16.3. The van der Waals surface area contributed by atoms with Gasteiger partial charge in [-0.05, 0) is 29.8 Å². The molecule has 4 amide bonds. The van der Waals surface area contributed by atoms with E-state index >= 15 is 0 Å². The van der Waals surface area contributed by atoms with Gasteiger partial charge < -0.3 is 24.8 Å². The number of methoxy groups -OCH3 is 1. The molecule has 2 aromatic carbocycles. The molecule has 0 radical (unpaired) electrons. The molecule has 1 saturated heterocycles. The van der Waals surface area contributed by atoms with Gasteiger partial charge in [0.1, 0.15) is 11.6 Å². The Balaban J connectivity index is 1.49. The summed E-state index contributed by atoms with van der Waals surface area (Å²) < 4.78 is 5.25. The molecule has 190 valence electrons. The Labute approximate surface area is 210 Å². The molecule has 0 spiro atoms. The van der Waals surface area contributed by atoms with Crippen molar-refractivity contribution in [2.75, 3.05) is 46.4 Å². The number of carbonyl (C=O) groups excluding carboxylic acids is 3. The zero-order valence-electron chi connectivity index (χ0n) is 20.6. The van der Waals surface area contributed by atoms with E-state index in [0.29, 0.717) is 30.1 Å². The van der Waals surface area contributed by atoms with Gasteiger partial charge >= 0.3 is 6.03 Å². The topological polar surface area (TPSA) is 118 Å². The maximum atomic E-state index is 13.1. The highest BCUT2D eigenvalue weighted by molar-refractivity contribution is 5.99. The predicted octanol–water partition coefficient (Wildman–Crippen LogP) is 1.81. The Kier molecular flexibility index (Phi) is 7.84. The number of benzene rings is 2. The Morgan fingerprint density at radius 3 is 2.50 bits per heavy atom. The molecule has 36 heavy (non-hydrogen) atoms. The maximum Gasteiger partial charge on any atom is 0.321 e. The van der Waals surface area contributed by atoms with Gasteiger partial charge in [-0.3, -0.25) is 20.3 Å². The van der Waals surface area contributed by atoms with Gasteiger partial charge in [-0.1, -0.05) is 37.3 Å². The first-order valence-corrected chi connectivity index (χ1v) is 12.1. The number of piperazine rings is 1. The number of fused-ring (bicyclic) bond motifs is 1. The lowest BCUT2D eigenvalue weighted by Crippen LogP contribution is -2.48. The molecule has 2 heterocycles. The number of urea groups is 1. The predicted molar refractivity (Wildman–Crippen MR) is 135 cm³/mol. The lowest BCUT2D eigenvalue weighted by Gasteiger charge is -2.35. The number of amides is 4. The second-order valence-electron chi connectivity index (χ2n) is 8.89. The van der Waals surface area contributed by atoms with E-state index < -0.39 is 12.1 Å². The van der Waals surface area contributed by atoms with Crippen LogP contribution >= 0.6 is 0 Å². The van der Waals surface area contributed by atoms with Crippen LogP contribution in [0.3, 0.4) is 0 Å². The summed E-state index contributed by atoms with van der Waals surface area (Å²) in [5.74, 6) is 0.939. The molecule has 4 rings (SSSR count). The van der Waals surface area contributed by atoms with E-state index in [9.17, 15) is 14.4 Å². The second-order valence-corrected chi connectivity index (χ2v) is 8.89. The molecule has 2 aliphatic rings. The van der Waals surface area contributed by atoms with Gasteiger partial charge in [-0.25, -0.2) is 4.79 Å². The van der Waals surface area contributed by atoms with Crippen molar-refractivity contribution in [2.24, 2.45) is 0 Å². The molecule has 0 bridgehead atoms. The number of hydrogen-bond donors (Lipinski definition) is 3. The average molecular weight is 493 g/mol. The third-order valence-electron chi connectivity index (χ3n) is 6.82. The van der Waals surface area contributed by atoms with Crippen LogP contribution in [0.15, 0.2) is 42.5 Å². The van der Waals surface area contributed by atoms with E-state index in [1.165, 1.54) is 0 Å². The fraction of sp³-hybridized carbons (Fsp3) is 0.385. The van der Waals surface area contributed by atoms with Crippen molar-refractivity contribution in [2.45, 2.75) is 19.5 Å². The SMILES string of the molecule is CCN1CCN(C(=N)c2ccc([C@H](CN3Cc4ccc(OC)cc4C3=O)NC(=O)NC=O)cc2)CC1. The van der Waals surface area contributed by atoms with Crippen LogP contribution in [0.5, 0.6) is 5.75 Å². The summed E-state index contributed by atoms with van der Waals surface area (Å²) in [7, 11) is 1.55. The Morgan fingerprint density at radius 1 is 1.14 bits per heavy atom. The van der Waals surface area contributed by atoms with Gasteiger partial charge in [0.15, 0.2) is 0 Å². The Bertz CT molecular complexity index is 1130. The van der Waals surface area contributed by atoms with Crippen molar-refractivity contribution in [3.8, 4) is 5.75 Å². The van der Waals surface area contributed by atoms with E-state index in [0.717, 1.165) is 49.4 Å². The average Bonchev–Trinajstić information content (AvgIpc) is 3.22. The quantitative estimate of drug-likeness (QED) is 0.294. The first kappa shape index (κ1) is 25.2. The first-order chi connectivity index (χ1) is 17.4. The fourth-order valence-electron chi connectivity index (χ4n) is 4.67. The maximum absolute atomic E-state index is 13.1. The van der Waals surface area contributed by atoms with Crippen molar-refractivity contribution in [3.63, 3.8) is 0 Å². The molecule has 0 aliphatic carbocycles. The van der Waals surface area contributed by atoms with Crippen molar-refractivity contribution in [1.29, 1.82) is 5.41 Å². The van der Waals surface area contributed by atoms with Crippen LogP contribution in [-0.2, 0) is 11.3 Å². The molecule has 2 aliphatic heterocycles. The Hall–Kier alpha value is -3.92. The second kappa shape index (κ2) is 11.2. The number of nitrogens with one attached hydrogen (secondary N) is 3. The first-order valence-electron chi connectivity index (χ1n) is 12.1. The molecule has 10 heteroatoms. The molecular formula is C26H32N6O4. The van der Waals surface area contributed by atoms with Crippen molar-refractivity contribution in [1.82, 2.24) is 25.3 Å². The summed E-state index contributed by atoms with van der Waals surface area (Å²) >= 11 is 0. The lowest BCUT2D eigenvalue weighted by atomic mass is 10.0. The van der Waals surface area contributed by atoms with E-state index in [2.05, 4.69) is 27.4 Å². The van der Waals surface area contributed by atoms with Crippen LogP contribution in [0.4, 0.5) is 4.79 Å². The summed E-state index contributed by atoms with van der Waals surface area (Å²) in [4.78, 5) is 42.1. The fourth-order valence-corrected chi connectivity index (χ4v) is 4.67. The van der Waals surface area contributed by atoms with Gasteiger partial charge in [0, 0.05) is 50.4 Å². The molecule has 1 fully saturated rings. The zero-order chi connectivity index (χ0) is 25.7. The molecule has 10 nitrogen and oxygen atoms in total. The van der Waals surface area contributed by atoms with E-state index in [4.69, 9.17) is 10.1 Å². The molecule has 0 unspecified atom stereocenters. The molecule has 0 aromatic heterocycles. The largest absolute Gasteiger partial charge is 0.497 e. The van der Waals surface area contributed by atoms with Crippen LogP contribution in [-0.4, -0.2) is 85.3 Å². The number of rotatable bonds is 8. The molecule has 1 atom stereocenters. The molecular weight excluding hydrogens is 460 g/mol. The van der Waals surface area contributed by atoms with Gasteiger partial charge in [0.25, 0.3) is 5.91 Å². The van der Waals surface area contributed by atoms with Crippen molar-refractivity contribution < 1.29 is 19.1 Å². The summed E-state index contributed by atoms with van der Waals surface area (Å²) in [5.41, 5.74) is 3.03. The van der Waals surface area contributed by atoms with Crippen LogP contribution in [0.25, 0.3) is 0 Å². The van der Waals surface area contributed by atoms with Crippen molar-refractivity contribution >= 4 is 24.2 Å². The third kappa shape index (κ3) is 5.49. The number of amidine groups is 1. The van der Waals surface area contributed by atoms with Gasteiger partial charge in [-0.15, -0.1) is 0 Å².